The first-order valence-corrected chi connectivity index (χ1v) is 2.11. The van der Waals surface area contributed by atoms with Crippen LogP contribution >= 0.6 is 0 Å². The monoisotopic (exact) mass is 139 g/mol. The molecule has 2 N–H and O–H groups in total. The van der Waals surface area contributed by atoms with Crippen molar-refractivity contribution < 1.29 is 44.3 Å². The third-order valence-electron chi connectivity index (χ3n) is 0.576. The Labute approximate surface area is 74.7 Å². The Balaban J connectivity index is 0. The van der Waals surface area contributed by atoms with Gasteiger partial charge in [-0.2, -0.15) is 0 Å². The topological polar surface area (TPSA) is 83.2 Å². The molecule has 0 unspecified atom stereocenters. The number of primary amides is 1. The van der Waals surface area contributed by atoms with Gasteiger partial charge in [-0.1, -0.05) is 0 Å². The van der Waals surface area contributed by atoms with Crippen molar-refractivity contribution in [2.75, 3.05) is 0 Å². The van der Waals surface area contributed by atoms with Gasteiger partial charge in [-0.15, -0.1) is 0 Å². The summed E-state index contributed by atoms with van der Waals surface area (Å²) in [6.45, 7) is 0. The largest absolute Gasteiger partial charge is 1.00 e. The Kier molecular flexibility index (Phi) is 7.89. The van der Waals surface area contributed by atoms with Crippen LogP contribution in [0.4, 0.5) is 0 Å². The molecule has 9 heavy (non-hydrogen) atoms. The molecule has 0 rings (SSSR count). The fourth-order valence-corrected chi connectivity index (χ4v) is 0.225. The van der Waals surface area contributed by atoms with Gasteiger partial charge in [0.1, 0.15) is 0 Å². The molecule has 0 aliphatic heterocycles. The van der Waals surface area contributed by atoms with Crippen LogP contribution in [0.25, 0.3) is 0 Å². The first-order valence-electron chi connectivity index (χ1n) is 2.11. The van der Waals surface area contributed by atoms with Gasteiger partial charge < -0.3 is 15.6 Å². The number of aliphatic carboxylic acids is 1. The van der Waals surface area contributed by atoms with E-state index < -0.39 is 11.9 Å². The van der Waals surface area contributed by atoms with Gasteiger partial charge in [0, 0.05) is 12.4 Å². The van der Waals surface area contributed by atoms with Crippen LogP contribution < -0.4 is 40.4 Å². The van der Waals surface area contributed by atoms with E-state index in [4.69, 9.17) is 0 Å². The van der Waals surface area contributed by atoms with Crippen molar-refractivity contribution >= 4 is 11.9 Å². The maximum atomic E-state index is 9.83. The second kappa shape index (κ2) is 6.07. The van der Waals surface area contributed by atoms with Crippen molar-refractivity contribution in [1.29, 1.82) is 0 Å². The number of carboxylic acid groups (broad SMARTS) is 1. The zero-order valence-electron chi connectivity index (χ0n) is 5.22. The van der Waals surface area contributed by atoms with Crippen molar-refractivity contribution in [1.82, 2.24) is 0 Å². The van der Waals surface area contributed by atoms with E-state index in [1.165, 1.54) is 0 Å². The number of hydrogen-bond donors (Lipinski definition) is 1. The molecule has 0 aromatic rings. The molecule has 4 nitrogen and oxygen atoms in total. The fraction of sp³-hybridized carbons (Fsp3) is 0.500. The number of carbonyl (C=O) groups excluding carboxylic acids is 2. The summed E-state index contributed by atoms with van der Waals surface area (Å²) < 4.78 is 0. The number of rotatable bonds is 3. The molecule has 0 atom stereocenters. The Bertz CT molecular complexity index is 100. The molecule has 0 bridgehead atoms. The molecule has 5 heteroatoms. The minimum atomic E-state index is -1.25. The zero-order valence-corrected chi connectivity index (χ0v) is 7.22. The summed E-state index contributed by atoms with van der Waals surface area (Å²) in [6, 6.07) is 0. The molecule has 0 aliphatic carbocycles. The van der Waals surface area contributed by atoms with E-state index in [2.05, 4.69) is 5.73 Å². The van der Waals surface area contributed by atoms with Crippen molar-refractivity contribution in [2.24, 2.45) is 5.73 Å². The third-order valence-corrected chi connectivity index (χ3v) is 0.576. The molecule has 0 heterocycles. The average Bonchev–Trinajstić information content (AvgIpc) is 1.61. The zero-order chi connectivity index (χ0) is 6.57. The molecule has 0 aromatic carbocycles. The van der Waals surface area contributed by atoms with Gasteiger partial charge in [0.25, 0.3) is 0 Å². The van der Waals surface area contributed by atoms with E-state index in [0.29, 0.717) is 0 Å². The third kappa shape index (κ3) is 11.5. The summed E-state index contributed by atoms with van der Waals surface area (Å²) in [6.07, 6.45) is -0.419. The minimum absolute atomic E-state index is 0. The summed E-state index contributed by atoms with van der Waals surface area (Å²) in [5.74, 6) is -1.86. The Morgan fingerprint density at radius 3 is 1.89 bits per heavy atom. The van der Waals surface area contributed by atoms with Gasteiger partial charge in [0.05, 0.1) is 0 Å². The van der Waals surface area contributed by atoms with Crippen molar-refractivity contribution in [3.05, 3.63) is 0 Å². The van der Waals surface area contributed by atoms with Gasteiger partial charge in [0.2, 0.25) is 5.91 Å². The van der Waals surface area contributed by atoms with Crippen molar-refractivity contribution in [3.8, 4) is 0 Å². The summed E-state index contributed by atoms with van der Waals surface area (Å²) in [4.78, 5) is 19.4. The van der Waals surface area contributed by atoms with Crippen LogP contribution in [0.15, 0.2) is 0 Å². The molecule has 0 saturated heterocycles. The summed E-state index contributed by atoms with van der Waals surface area (Å²) in [5.41, 5.74) is 4.61. The van der Waals surface area contributed by atoms with Gasteiger partial charge in [0.15, 0.2) is 0 Å². The molecule has 1 amide bonds. The Hall–Kier alpha value is -0.0600. The van der Waals surface area contributed by atoms with Crippen LogP contribution in [-0.2, 0) is 9.59 Å². The first kappa shape index (κ1) is 11.7. The van der Waals surface area contributed by atoms with E-state index in [1.807, 2.05) is 0 Å². The number of hydrogen-bond acceptors (Lipinski definition) is 3. The predicted octanol–water partition coefficient (Wildman–Crippen LogP) is -4.99. The molecule has 0 aliphatic rings. The van der Waals surface area contributed by atoms with Gasteiger partial charge >= 0.3 is 29.6 Å². The van der Waals surface area contributed by atoms with Crippen molar-refractivity contribution in [2.45, 2.75) is 12.8 Å². The Morgan fingerprint density at radius 2 is 1.78 bits per heavy atom. The molecular weight excluding hydrogens is 133 g/mol. The standard InChI is InChI=1S/C4H7NO3.Na/c5-3(6)1-2-4(7)8;/h1-2H2,(H2,5,6)(H,7,8);/q;+1/p-1. The minimum Gasteiger partial charge on any atom is -0.550 e. The summed E-state index contributed by atoms with van der Waals surface area (Å²) in [7, 11) is 0. The average molecular weight is 139 g/mol. The van der Waals surface area contributed by atoms with Crippen LogP contribution in [0.3, 0.4) is 0 Å². The smallest absolute Gasteiger partial charge is 0.550 e. The fourth-order valence-electron chi connectivity index (χ4n) is 0.225. The van der Waals surface area contributed by atoms with E-state index in [9.17, 15) is 14.7 Å². The van der Waals surface area contributed by atoms with Crippen LogP contribution in [-0.4, -0.2) is 11.9 Å². The van der Waals surface area contributed by atoms with Crippen molar-refractivity contribution in [3.63, 3.8) is 0 Å². The molecule has 46 valence electrons. The normalized spacial score (nSPS) is 7.56. The number of carbonyl (C=O) groups is 2. The molecule has 0 saturated carbocycles. The Morgan fingerprint density at radius 1 is 1.33 bits per heavy atom. The summed E-state index contributed by atoms with van der Waals surface area (Å²) >= 11 is 0. The first-order chi connectivity index (χ1) is 3.63. The van der Waals surface area contributed by atoms with Crippen LogP contribution in [0.1, 0.15) is 12.8 Å². The SMILES string of the molecule is NC(=O)CCC(=O)[O-].[Na+]. The molecule has 0 spiro atoms. The second-order valence-electron chi connectivity index (χ2n) is 1.34. The molecule has 0 aromatic heterocycles. The van der Waals surface area contributed by atoms with E-state index >= 15 is 0 Å². The summed E-state index contributed by atoms with van der Waals surface area (Å²) in [5, 5.41) is 9.58. The number of carboxylic acids is 1. The van der Waals surface area contributed by atoms with Gasteiger partial charge in [-0.25, -0.2) is 0 Å². The predicted molar refractivity (Wildman–Crippen MR) is 23.4 cm³/mol. The molecule has 0 fully saturated rings. The van der Waals surface area contributed by atoms with Crippen LogP contribution in [0.5, 0.6) is 0 Å². The van der Waals surface area contributed by atoms with E-state index in [0.717, 1.165) is 0 Å². The number of nitrogens with two attached hydrogens (primary N) is 1. The maximum Gasteiger partial charge on any atom is 1.00 e. The second-order valence-corrected chi connectivity index (χ2v) is 1.34. The maximum absolute atomic E-state index is 9.83. The molecular formula is C4H6NNaO3. The van der Waals surface area contributed by atoms with E-state index in [1.54, 1.807) is 0 Å². The quantitative estimate of drug-likeness (QED) is 0.397. The van der Waals surface area contributed by atoms with Gasteiger partial charge in [-0.3, -0.25) is 4.79 Å². The number of amides is 1. The van der Waals surface area contributed by atoms with E-state index in [-0.39, 0.29) is 42.4 Å². The van der Waals surface area contributed by atoms with Crippen LogP contribution in [0.2, 0.25) is 0 Å². The van der Waals surface area contributed by atoms with Gasteiger partial charge in [-0.05, 0) is 6.42 Å². The van der Waals surface area contributed by atoms with Crippen LogP contribution in [0, 0.1) is 0 Å². The molecule has 0 radical (unpaired) electrons.